The molecule has 1 aliphatic carbocycles. The predicted octanol–water partition coefficient (Wildman–Crippen LogP) is 3.75. The summed E-state index contributed by atoms with van der Waals surface area (Å²) in [6.45, 7) is 9.16. The Balaban J connectivity index is 1.58. The van der Waals surface area contributed by atoms with Gasteiger partial charge in [-0.05, 0) is 50.1 Å². The Hall–Kier alpha value is -4.74. The lowest BCUT2D eigenvalue weighted by atomic mass is 10.2. The molecule has 5 rings (SSSR count). The van der Waals surface area contributed by atoms with Crippen LogP contribution < -0.4 is 26.6 Å². The molecule has 1 saturated carbocycles. The van der Waals surface area contributed by atoms with Crippen molar-refractivity contribution in [2.75, 3.05) is 16.4 Å². The third kappa shape index (κ3) is 5.24. The standard InChI is InChI=1S/C25H22ClN9O4S/c1-13(31-22-20(28-2)21(27)29-12-30-22)23-33-18-8-4-7-17(26)19(18)24(36)35(23)15-6-3-5-14(11-15)32-25(37)34-40(38,39)16-9-10-16/h3-8,11-13,16H,9-10H2,1H3,(H2,32,34,37)(H3,27,29,30,31)/t13-/m0/s1. The van der Waals surface area contributed by atoms with E-state index in [2.05, 4.69) is 25.4 Å². The van der Waals surface area contributed by atoms with Crippen LogP contribution in [-0.4, -0.2) is 39.2 Å². The van der Waals surface area contributed by atoms with Crippen molar-refractivity contribution in [3.63, 3.8) is 0 Å². The van der Waals surface area contributed by atoms with Crippen molar-refractivity contribution < 1.29 is 13.2 Å². The van der Waals surface area contributed by atoms with Gasteiger partial charge in [-0.25, -0.2) is 37.7 Å². The van der Waals surface area contributed by atoms with Crippen molar-refractivity contribution in [3.8, 4) is 5.69 Å². The number of benzene rings is 2. The van der Waals surface area contributed by atoms with Crippen LogP contribution in [0.5, 0.6) is 0 Å². The van der Waals surface area contributed by atoms with E-state index < -0.39 is 32.9 Å². The summed E-state index contributed by atoms with van der Waals surface area (Å²) in [5.41, 5.74) is 6.27. The molecule has 15 heteroatoms. The van der Waals surface area contributed by atoms with E-state index in [-0.39, 0.29) is 39.2 Å². The Bertz CT molecular complexity index is 1870. The van der Waals surface area contributed by atoms with Gasteiger partial charge in [0.25, 0.3) is 11.2 Å². The van der Waals surface area contributed by atoms with E-state index in [1.54, 1.807) is 43.3 Å². The number of hydrogen-bond donors (Lipinski definition) is 4. The number of rotatable bonds is 7. The molecular formula is C25H22ClN9O4S. The van der Waals surface area contributed by atoms with Crippen LogP contribution >= 0.6 is 11.6 Å². The Morgan fingerprint density at radius 2 is 1.98 bits per heavy atom. The second-order valence-electron chi connectivity index (χ2n) is 9.03. The Morgan fingerprint density at radius 1 is 1.23 bits per heavy atom. The quantitative estimate of drug-likeness (QED) is 0.237. The molecule has 0 radical (unpaired) electrons. The maximum absolute atomic E-state index is 13.8. The zero-order valence-corrected chi connectivity index (χ0v) is 22.5. The summed E-state index contributed by atoms with van der Waals surface area (Å²) in [4.78, 5) is 42.3. The lowest BCUT2D eigenvalue weighted by Gasteiger charge is -2.21. The Kier molecular flexibility index (Phi) is 7.01. The lowest BCUT2D eigenvalue weighted by molar-refractivity contribution is 0.256. The molecule has 1 aliphatic rings. The highest BCUT2D eigenvalue weighted by Gasteiger charge is 2.36. The van der Waals surface area contributed by atoms with E-state index in [4.69, 9.17) is 28.9 Å². The van der Waals surface area contributed by atoms with Crippen LogP contribution in [0.1, 0.15) is 31.6 Å². The topological polar surface area (TPSA) is 178 Å². The first-order chi connectivity index (χ1) is 19.1. The third-order valence-corrected chi connectivity index (χ3v) is 8.27. The minimum atomic E-state index is -3.75. The fraction of sp³-hybridized carbons (Fsp3) is 0.200. The first-order valence-corrected chi connectivity index (χ1v) is 13.9. The summed E-state index contributed by atoms with van der Waals surface area (Å²) in [5.74, 6) is 0.396. The second kappa shape index (κ2) is 10.4. The van der Waals surface area contributed by atoms with Crippen LogP contribution in [-0.2, 0) is 10.0 Å². The average molecular weight is 580 g/mol. The first-order valence-electron chi connectivity index (χ1n) is 12.0. The smallest absolute Gasteiger partial charge is 0.332 e. The summed E-state index contributed by atoms with van der Waals surface area (Å²) < 4.78 is 27.6. The number of anilines is 3. The van der Waals surface area contributed by atoms with E-state index in [0.29, 0.717) is 24.0 Å². The van der Waals surface area contributed by atoms with Gasteiger partial charge in [-0.15, -0.1) is 0 Å². The number of carbonyl (C=O) groups is 1. The zero-order chi connectivity index (χ0) is 28.6. The van der Waals surface area contributed by atoms with Gasteiger partial charge in [0.1, 0.15) is 23.8 Å². The van der Waals surface area contributed by atoms with E-state index in [0.717, 1.165) is 0 Å². The number of carbonyl (C=O) groups excluding carboxylic acids is 1. The Labute approximate surface area is 233 Å². The van der Waals surface area contributed by atoms with Gasteiger partial charge >= 0.3 is 6.03 Å². The van der Waals surface area contributed by atoms with Gasteiger partial charge in [0.15, 0.2) is 0 Å². The van der Waals surface area contributed by atoms with Crippen LogP contribution in [0.4, 0.5) is 27.8 Å². The Morgan fingerprint density at radius 3 is 2.70 bits per heavy atom. The molecule has 13 nitrogen and oxygen atoms in total. The number of halogens is 1. The van der Waals surface area contributed by atoms with Gasteiger partial charge in [-0.3, -0.25) is 9.36 Å². The number of nitrogen functional groups attached to an aromatic ring is 1. The molecule has 4 aromatic rings. The summed E-state index contributed by atoms with van der Waals surface area (Å²) in [7, 11) is -3.75. The molecule has 0 aliphatic heterocycles. The van der Waals surface area contributed by atoms with Crippen LogP contribution in [0.3, 0.4) is 0 Å². The van der Waals surface area contributed by atoms with Gasteiger partial charge in [-0.1, -0.05) is 23.7 Å². The first kappa shape index (κ1) is 26.9. The number of sulfonamides is 1. The van der Waals surface area contributed by atoms with Crippen molar-refractivity contribution >= 4 is 61.6 Å². The van der Waals surface area contributed by atoms with Gasteiger partial charge in [-0.2, -0.15) is 0 Å². The number of urea groups is 1. The predicted molar refractivity (Wildman–Crippen MR) is 151 cm³/mol. The number of nitrogens with two attached hydrogens (primary N) is 1. The monoisotopic (exact) mass is 579 g/mol. The van der Waals surface area contributed by atoms with Gasteiger partial charge in [0.2, 0.25) is 10.0 Å². The molecule has 0 unspecified atom stereocenters. The van der Waals surface area contributed by atoms with E-state index in [1.165, 1.54) is 17.0 Å². The van der Waals surface area contributed by atoms with E-state index in [1.807, 2.05) is 4.72 Å². The molecular weight excluding hydrogens is 558 g/mol. The molecule has 204 valence electrons. The molecule has 5 N–H and O–H groups in total. The molecule has 40 heavy (non-hydrogen) atoms. The van der Waals surface area contributed by atoms with Crippen molar-refractivity contribution in [2.24, 2.45) is 0 Å². The van der Waals surface area contributed by atoms with Crippen molar-refractivity contribution in [2.45, 2.75) is 31.1 Å². The maximum atomic E-state index is 13.8. The highest BCUT2D eigenvalue weighted by Crippen LogP contribution is 2.31. The normalized spacial score (nSPS) is 13.8. The van der Waals surface area contributed by atoms with E-state index >= 15 is 0 Å². The number of nitrogens with zero attached hydrogens (tertiary/aromatic N) is 5. The zero-order valence-electron chi connectivity index (χ0n) is 20.9. The summed E-state index contributed by atoms with van der Waals surface area (Å²) in [6.07, 6.45) is 2.22. The molecule has 2 heterocycles. The van der Waals surface area contributed by atoms with Crippen LogP contribution in [0, 0.1) is 6.57 Å². The molecule has 2 amide bonds. The molecule has 2 aromatic carbocycles. The SMILES string of the molecule is [C-]#[N+]c1c(N)ncnc1N[C@@H](C)c1nc2cccc(Cl)c2c(=O)n1-c1cccc(NC(=O)NS(=O)(=O)C2CC2)c1. The van der Waals surface area contributed by atoms with Crippen molar-refractivity contribution in [3.05, 3.63) is 81.4 Å². The highest BCUT2D eigenvalue weighted by molar-refractivity contribution is 7.90. The molecule has 1 atom stereocenters. The minimum Gasteiger partial charge on any atom is -0.392 e. The number of hydrogen-bond acceptors (Lipinski definition) is 9. The molecule has 2 aromatic heterocycles. The van der Waals surface area contributed by atoms with Crippen molar-refractivity contribution in [1.82, 2.24) is 24.2 Å². The number of fused-ring (bicyclic) bond motifs is 1. The largest absolute Gasteiger partial charge is 0.392 e. The number of aromatic nitrogens is 4. The van der Waals surface area contributed by atoms with Crippen molar-refractivity contribution in [1.29, 1.82) is 0 Å². The summed E-state index contributed by atoms with van der Waals surface area (Å²) >= 11 is 6.38. The fourth-order valence-corrected chi connectivity index (χ4v) is 5.58. The average Bonchev–Trinajstić information content (AvgIpc) is 3.75. The summed E-state index contributed by atoms with van der Waals surface area (Å²) in [6, 6.07) is 9.56. The van der Waals surface area contributed by atoms with E-state index in [9.17, 15) is 18.0 Å². The highest BCUT2D eigenvalue weighted by atomic mass is 35.5. The second-order valence-corrected chi connectivity index (χ2v) is 11.4. The molecule has 0 saturated heterocycles. The summed E-state index contributed by atoms with van der Waals surface area (Å²) in [5, 5.41) is 5.39. The van der Waals surface area contributed by atoms with Gasteiger partial charge in [0.05, 0.1) is 39.5 Å². The van der Waals surface area contributed by atoms with Crippen LogP contribution in [0.25, 0.3) is 21.4 Å². The number of amides is 2. The number of nitrogens with one attached hydrogen (secondary N) is 3. The maximum Gasteiger partial charge on any atom is 0.332 e. The van der Waals surface area contributed by atoms with Gasteiger partial charge in [0, 0.05) is 5.69 Å². The fourth-order valence-electron chi connectivity index (χ4n) is 4.10. The minimum absolute atomic E-state index is 0.00362. The molecule has 1 fully saturated rings. The molecule has 0 spiro atoms. The van der Waals surface area contributed by atoms with Crippen LogP contribution in [0.2, 0.25) is 5.02 Å². The third-order valence-electron chi connectivity index (χ3n) is 6.14. The molecule has 0 bridgehead atoms. The lowest BCUT2D eigenvalue weighted by Crippen LogP contribution is -2.36. The van der Waals surface area contributed by atoms with Crippen LogP contribution in [0.15, 0.2) is 53.6 Å². The van der Waals surface area contributed by atoms with Gasteiger partial charge < -0.3 is 16.4 Å².